The van der Waals surface area contributed by atoms with E-state index in [9.17, 15) is 9.59 Å². The van der Waals surface area contributed by atoms with Crippen LogP contribution in [0.4, 0.5) is 0 Å². The predicted molar refractivity (Wildman–Crippen MR) is 128 cm³/mol. The van der Waals surface area contributed by atoms with Crippen molar-refractivity contribution in [2.24, 2.45) is 5.92 Å². The van der Waals surface area contributed by atoms with Crippen LogP contribution in [0.25, 0.3) is 20.3 Å². The topological polar surface area (TPSA) is 76.1 Å². The number of aromatic amines is 1. The molecule has 0 saturated carbocycles. The van der Waals surface area contributed by atoms with E-state index in [0.29, 0.717) is 28.6 Å². The largest absolute Gasteiger partial charge is 0.496 e. The van der Waals surface area contributed by atoms with Gasteiger partial charge >= 0.3 is 5.69 Å². The van der Waals surface area contributed by atoms with Crippen molar-refractivity contribution >= 4 is 31.6 Å². The van der Waals surface area contributed by atoms with E-state index in [1.165, 1.54) is 27.0 Å². The van der Waals surface area contributed by atoms with Crippen molar-refractivity contribution in [1.29, 1.82) is 0 Å². The first-order valence-corrected chi connectivity index (χ1v) is 12.0. The van der Waals surface area contributed by atoms with E-state index in [2.05, 4.69) is 22.4 Å². The van der Waals surface area contributed by atoms with E-state index in [1.807, 2.05) is 30.3 Å². The third kappa shape index (κ3) is 2.95. The van der Waals surface area contributed by atoms with Gasteiger partial charge in [0, 0.05) is 28.6 Å². The van der Waals surface area contributed by atoms with E-state index >= 15 is 0 Å². The molecule has 1 aliphatic heterocycles. The highest BCUT2D eigenvalue weighted by Gasteiger charge is 2.40. The van der Waals surface area contributed by atoms with Crippen molar-refractivity contribution < 1.29 is 4.74 Å². The quantitative estimate of drug-likeness (QED) is 0.501. The summed E-state index contributed by atoms with van der Waals surface area (Å²) in [6.07, 6.45) is 2.90. The number of benzene rings is 2. The van der Waals surface area contributed by atoms with Crippen molar-refractivity contribution in [3.63, 3.8) is 0 Å². The Hall–Kier alpha value is -2.90. The molecule has 1 saturated heterocycles. The van der Waals surface area contributed by atoms with Gasteiger partial charge in [0.1, 0.15) is 10.6 Å². The molecule has 1 fully saturated rings. The molecular weight excluding hydrogens is 422 g/mol. The molecule has 3 atom stereocenters. The molecule has 0 amide bonds. The lowest BCUT2D eigenvalue weighted by Crippen LogP contribution is -2.37. The molecule has 2 aromatic heterocycles. The molecule has 2 aliphatic rings. The minimum Gasteiger partial charge on any atom is -0.496 e. The fourth-order valence-corrected chi connectivity index (χ4v) is 6.90. The van der Waals surface area contributed by atoms with Crippen LogP contribution in [0.15, 0.2) is 52.1 Å². The van der Waals surface area contributed by atoms with Gasteiger partial charge in [0.05, 0.1) is 12.5 Å². The first-order chi connectivity index (χ1) is 15.7. The molecule has 0 spiro atoms. The molecule has 164 valence electrons. The molecule has 1 unspecified atom stereocenters. The van der Waals surface area contributed by atoms with Gasteiger partial charge < -0.3 is 10.1 Å². The van der Waals surface area contributed by atoms with Gasteiger partial charge in [-0.3, -0.25) is 14.3 Å². The number of fused-ring (bicyclic) bond motifs is 6. The Balaban J connectivity index is 1.34. The number of aromatic nitrogens is 2. The highest BCUT2D eigenvalue weighted by molar-refractivity contribution is 7.25. The van der Waals surface area contributed by atoms with E-state index in [0.717, 1.165) is 41.6 Å². The average molecular weight is 448 g/mol. The van der Waals surface area contributed by atoms with Crippen molar-refractivity contribution in [2.45, 2.75) is 37.8 Å². The summed E-state index contributed by atoms with van der Waals surface area (Å²) in [5.74, 6) is 1.93. The van der Waals surface area contributed by atoms with Crippen LogP contribution in [-0.4, -0.2) is 29.2 Å². The molecule has 7 heteroatoms. The summed E-state index contributed by atoms with van der Waals surface area (Å²) in [5, 5.41) is 5.21. The third-order valence-corrected chi connectivity index (χ3v) is 8.37. The Kier molecular flexibility index (Phi) is 4.69. The van der Waals surface area contributed by atoms with E-state index < -0.39 is 0 Å². The second-order valence-electron chi connectivity index (χ2n) is 8.85. The molecular formula is C25H25N3O3S. The number of H-pyrrole nitrogens is 1. The highest BCUT2D eigenvalue weighted by atomic mass is 32.1. The van der Waals surface area contributed by atoms with Crippen LogP contribution < -0.4 is 21.3 Å². The monoisotopic (exact) mass is 447 g/mol. The lowest BCUT2D eigenvalue weighted by Gasteiger charge is -2.32. The number of ether oxygens (including phenoxy) is 1. The molecule has 0 bridgehead atoms. The second kappa shape index (κ2) is 7.60. The minimum absolute atomic E-state index is 0.193. The van der Waals surface area contributed by atoms with Gasteiger partial charge in [-0.15, -0.1) is 11.3 Å². The standard InChI is InChI=1S/C25H25N3O3S/c1-31-19-7-4-6-16-15(19)10-9-14-13-26-18(21(14)16)11-12-28-24(29)22-17-5-2-3-8-20(17)32-23(22)27-25(28)30/h2-8,14,18,21,26H,9-13H2,1H3,(H,27,30)/t14-,18?,21+/m0/s1. The van der Waals surface area contributed by atoms with E-state index in [1.54, 1.807) is 7.11 Å². The molecule has 4 aromatic rings. The predicted octanol–water partition coefficient (Wildman–Crippen LogP) is 3.62. The summed E-state index contributed by atoms with van der Waals surface area (Å²) in [6, 6.07) is 14.4. The van der Waals surface area contributed by atoms with Gasteiger partial charge in [-0.05, 0) is 55.0 Å². The number of hydrogen-bond acceptors (Lipinski definition) is 5. The van der Waals surface area contributed by atoms with Crippen LogP contribution in [0, 0.1) is 5.92 Å². The average Bonchev–Trinajstić information content (AvgIpc) is 3.39. The van der Waals surface area contributed by atoms with Gasteiger partial charge in [-0.25, -0.2) is 4.79 Å². The number of thiophene rings is 1. The van der Waals surface area contributed by atoms with Crippen LogP contribution in [-0.2, 0) is 13.0 Å². The maximum Gasteiger partial charge on any atom is 0.329 e. The molecule has 1 aliphatic carbocycles. The summed E-state index contributed by atoms with van der Waals surface area (Å²) in [4.78, 5) is 29.7. The normalized spacial score (nSPS) is 22.2. The van der Waals surface area contributed by atoms with Crippen LogP contribution in [0.3, 0.4) is 0 Å². The SMILES string of the molecule is COc1cccc2c1CC[C@H]1CNC(CCn3c(=O)[nH]c4sc5ccccc5c4c3=O)[C@@H]21. The fraction of sp³-hybridized carbons (Fsp3) is 0.360. The first kappa shape index (κ1) is 19.8. The lowest BCUT2D eigenvalue weighted by molar-refractivity contribution is 0.371. The number of hydrogen-bond donors (Lipinski definition) is 2. The Morgan fingerprint density at radius 3 is 2.91 bits per heavy atom. The van der Waals surface area contributed by atoms with Crippen molar-refractivity contribution in [3.8, 4) is 5.75 Å². The van der Waals surface area contributed by atoms with E-state index in [4.69, 9.17) is 4.74 Å². The Labute approximate surface area is 188 Å². The number of nitrogens with zero attached hydrogens (tertiary/aromatic N) is 1. The summed E-state index contributed by atoms with van der Waals surface area (Å²) in [7, 11) is 1.73. The molecule has 0 radical (unpaired) electrons. The zero-order valence-electron chi connectivity index (χ0n) is 17.9. The van der Waals surface area contributed by atoms with Crippen LogP contribution in [0.5, 0.6) is 5.75 Å². The highest BCUT2D eigenvalue weighted by Crippen LogP contribution is 2.45. The summed E-state index contributed by atoms with van der Waals surface area (Å²) >= 11 is 1.46. The summed E-state index contributed by atoms with van der Waals surface area (Å²) < 4.78 is 8.01. The van der Waals surface area contributed by atoms with Crippen molar-refractivity contribution in [3.05, 3.63) is 74.4 Å². The van der Waals surface area contributed by atoms with Gasteiger partial charge in [0.2, 0.25) is 0 Å². The lowest BCUT2D eigenvalue weighted by atomic mass is 9.73. The molecule has 3 heterocycles. The third-order valence-electron chi connectivity index (χ3n) is 7.28. The van der Waals surface area contributed by atoms with E-state index in [-0.39, 0.29) is 17.3 Å². The zero-order valence-corrected chi connectivity index (χ0v) is 18.7. The summed E-state index contributed by atoms with van der Waals surface area (Å²) in [6.45, 7) is 1.37. The number of rotatable bonds is 4. The maximum absolute atomic E-state index is 13.3. The van der Waals surface area contributed by atoms with Crippen LogP contribution >= 0.6 is 11.3 Å². The van der Waals surface area contributed by atoms with Gasteiger partial charge in [-0.1, -0.05) is 30.3 Å². The molecule has 2 N–H and O–H groups in total. The van der Waals surface area contributed by atoms with Gasteiger partial charge in [0.15, 0.2) is 0 Å². The van der Waals surface area contributed by atoms with Crippen LogP contribution in [0.2, 0.25) is 0 Å². The summed E-state index contributed by atoms with van der Waals surface area (Å²) in [5.41, 5.74) is 2.15. The number of methoxy groups -OCH3 is 1. The van der Waals surface area contributed by atoms with Crippen molar-refractivity contribution in [1.82, 2.24) is 14.9 Å². The first-order valence-electron chi connectivity index (χ1n) is 11.2. The smallest absolute Gasteiger partial charge is 0.329 e. The van der Waals surface area contributed by atoms with Gasteiger partial charge in [0.25, 0.3) is 5.56 Å². The Morgan fingerprint density at radius 2 is 2.03 bits per heavy atom. The molecule has 6 nitrogen and oxygen atoms in total. The molecule has 32 heavy (non-hydrogen) atoms. The molecule has 6 rings (SSSR count). The Bertz CT molecular complexity index is 1450. The minimum atomic E-state index is -0.325. The Morgan fingerprint density at radius 1 is 1.16 bits per heavy atom. The maximum atomic E-state index is 13.3. The second-order valence-corrected chi connectivity index (χ2v) is 9.90. The van der Waals surface area contributed by atoms with Crippen LogP contribution in [0.1, 0.15) is 29.9 Å². The zero-order chi connectivity index (χ0) is 21.8. The van der Waals surface area contributed by atoms with Gasteiger partial charge in [-0.2, -0.15) is 0 Å². The fourth-order valence-electron chi connectivity index (χ4n) is 5.81. The number of nitrogens with one attached hydrogen (secondary N) is 2. The molecule has 2 aromatic carbocycles. The van der Waals surface area contributed by atoms with Crippen molar-refractivity contribution in [2.75, 3.05) is 13.7 Å².